The zero-order valence-corrected chi connectivity index (χ0v) is 133. The summed E-state index contributed by atoms with van der Waals surface area (Å²) in [5.41, 5.74) is 0. The van der Waals surface area contributed by atoms with Crippen molar-refractivity contribution in [2.45, 2.75) is 147 Å². The van der Waals surface area contributed by atoms with Crippen LogP contribution in [-0.2, 0) is 276 Å². The molecular weight excluding hydrogens is 2670 g/mol. The Balaban J connectivity index is -0.000000946. The second kappa shape index (κ2) is 78.1. The second-order valence-corrected chi connectivity index (χ2v) is 38.0. The molecule has 135 heavy (non-hydrogen) atoms. The molecule has 0 amide bonds. The van der Waals surface area contributed by atoms with E-state index >= 15 is 0 Å². The van der Waals surface area contributed by atoms with E-state index in [2.05, 4.69) is 66.9 Å². The van der Waals surface area contributed by atoms with Crippen LogP contribution in [0.15, 0.2) is 0 Å². The third kappa shape index (κ3) is 77.8. The Morgan fingerprint density at radius 1 is 0.148 bits per heavy atom. The molecule has 0 N–H and O–H groups in total. The summed E-state index contributed by atoms with van der Waals surface area (Å²) in [7, 11) is -108. The first kappa shape index (κ1) is 183. The van der Waals surface area contributed by atoms with Gasteiger partial charge in [0.1, 0.15) is 97.7 Å². The van der Waals surface area contributed by atoms with Gasteiger partial charge in [0.25, 0.3) is 0 Å². The molecule has 73 nitrogen and oxygen atoms in total. The van der Waals surface area contributed by atoms with Crippen LogP contribution in [0, 0.1) is 0 Å². The first-order chi connectivity index (χ1) is 52.9. The molecule has 0 aromatic carbocycles. The van der Waals surface area contributed by atoms with Gasteiger partial charge in [-0.3, -0.25) is 66.9 Å². The molecule has 5 saturated heterocycles. The Kier molecular flexibility index (Phi) is 106. The van der Waals surface area contributed by atoms with E-state index in [9.17, 15) is 208 Å². The maximum Gasteiger partial charge on any atom is 1.00 e. The molecule has 5 aliphatic rings. The molecule has 0 spiro atoms. The van der Waals surface area contributed by atoms with Crippen LogP contribution in [0.1, 0.15) is 0 Å². The number of ether oxygens (including phenoxy) is 9. The van der Waals surface area contributed by atoms with Gasteiger partial charge in [-0.15, -0.1) is 0 Å². The van der Waals surface area contributed by atoms with E-state index in [0.29, 0.717) is 0 Å². The molecule has 0 aromatic rings. The summed E-state index contributed by atoms with van der Waals surface area (Å²) in [6, 6.07) is 0. The molecule has 706 valence electrons. The largest absolute Gasteiger partial charge is 1.00 e. The first-order valence-corrected chi connectivity index (χ1v) is 49.1. The Morgan fingerprint density at radius 3 is 0.444 bits per heavy atom. The number of rotatable bonds is 46. The van der Waals surface area contributed by atoms with Crippen LogP contribution in [0.3, 0.4) is 0 Å². The smallest absolute Gasteiger partial charge is 0.726 e. The van der Waals surface area contributed by atoms with Gasteiger partial charge in [0.05, 0.1) is 39.6 Å². The average Bonchev–Trinajstić information content (AvgIpc) is 1.64. The molecule has 5 rings (SSSR count). The molecule has 0 aromatic heterocycles. The molecule has 5 fully saturated rings. The van der Waals surface area contributed by atoms with E-state index in [1.54, 1.807) is 0 Å². The molecule has 0 radical (unpaired) electrons. The summed E-state index contributed by atoms with van der Waals surface area (Å²) >= 11 is 0. The Hall–Kier alpha value is 23.7. The molecule has 0 saturated carbocycles. The molecule has 5 heterocycles. The number of hydrogen-bond acceptors (Lipinski definition) is 73. The van der Waals surface area contributed by atoms with Crippen molar-refractivity contribution in [3.05, 3.63) is 0 Å². The summed E-state index contributed by atoms with van der Waals surface area (Å²) in [6.45, 7) is -14.3. The van der Waals surface area contributed by atoms with Gasteiger partial charge in [0.15, 0.2) is 49.6 Å². The van der Waals surface area contributed by atoms with Gasteiger partial charge in [0, 0.05) is 0 Å². The fourth-order valence-corrected chi connectivity index (χ4v) is 17.3. The van der Waals surface area contributed by atoms with Crippen LogP contribution < -0.4 is 822 Å². The fraction of sp³-hybridized carbons (Fsp3) is 1.00. The molecular formula is C30H36K16O73S16. The minimum absolute atomic E-state index is 0. The Bertz CT molecular complexity index is 5250. The third-order valence-corrected chi connectivity index (χ3v) is 20.7. The van der Waals surface area contributed by atoms with Crippen molar-refractivity contribution in [2.24, 2.45) is 0 Å². The van der Waals surface area contributed by atoms with Gasteiger partial charge in [-0.05, 0) is 0 Å². The quantitative estimate of drug-likeness (QED) is 0.0310. The first-order valence-electron chi connectivity index (χ1n) is 27.8. The monoisotopic (exact) mass is 2700 g/mol. The van der Waals surface area contributed by atoms with Crippen LogP contribution in [0.5, 0.6) is 0 Å². The number of hydrogen-bond donors (Lipinski definition) is 0. The van der Waals surface area contributed by atoms with Gasteiger partial charge in [-0.1, -0.05) is 0 Å². The fourth-order valence-electron chi connectivity index (χ4n) is 10.2. The minimum Gasteiger partial charge on any atom is -0.726 e. The van der Waals surface area contributed by atoms with Crippen molar-refractivity contribution in [1.82, 2.24) is 0 Å². The summed E-state index contributed by atoms with van der Waals surface area (Å²) in [5, 5.41) is 0. The van der Waals surface area contributed by atoms with Crippen molar-refractivity contribution >= 4 is 166 Å². The van der Waals surface area contributed by atoms with Crippen LogP contribution in [0.4, 0.5) is 0 Å². The Morgan fingerprint density at radius 2 is 0.274 bits per heavy atom. The molecule has 24 atom stereocenters. The summed E-state index contributed by atoms with van der Waals surface area (Å²) in [5.74, 6) is 0. The molecule has 0 aliphatic carbocycles. The zero-order valence-electron chi connectivity index (χ0n) is 70.4. The standard InChI is InChI=1S/C30H52O73S16.16K/c31-104(32,33)81-3-9-13(90-29-25(102-118(73,74)75)21(98-114(61,62)63)17(94-110(49,50)51)11(88-29)5-83-106(37,38)39)19(96-112(55,56)57)23(100-116(67,68)69)27(86-9)79-1-7-15(92-108(43,44)45)16(93-109(46,47)48)8(85-7)2-80-28-24(101-117(70,71)72)20(97-113(58,59)60)14(10(87-28)4-82-105(34,35)36)91-30-26(103-119(76,77)78)22(99-115(64,65)66)18(95-111(52,53)54)12(89-30)6-84-107(40,41)42;;;;;;;;;;;;;;;;/h7-30H,1-6H2,(H,31,32,33)(H,34,35,36)(H,37,38,39)(H,40,41,42)(H,43,44,45)(H,46,47,48)(H,49,50,51)(H,52,53,54)(H,55,56,57)(H,58,59,60)(H,61,62,63)(H,64,65,66)(H,67,68,69)(H,70,71,72)(H,73,74,75)(H,76,77,78);;;;;;;;;;;;;;;;/q;16*+1/p-16/t7-,8-,9-,10-,11-,12-,13-,14-,15-,16-,17-,18-,19+,20+,21+,22+,23-,24-,25-,26-,27-,28-,29-,30-;;;;;;;;;;;;;;;;/m1................/s1. The summed E-state index contributed by atoms with van der Waals surface area (Å²) in [4.78, 5) is 0. The predicted octanol–water partition coefficient (Wildman–Crippen LogP) is -67.4. The maximum absolute atomic E-state index is 12.5. The molecule has 0 unspecified atom stereocenters. The zero-order chi connectivity index (χ0) is 91.8. The average molecular weight is 2700 g/mol. The van der Waals surface area contributed by atoms with Gasteiger partial charge in [0.2, 0.25) is 166 Å². The van der Waals surface area contributed by atoms with Crippen LogP contribution in [-0.4, -0.2) is 394 Å². The summed E-state index contributed by atoms with van der Waals surface area (Å²) < 4.78 is 690. The van der Waals surface area contributed by atoms with E-state index in [1.807, 2.05) is 0 Å². The van der Waals surface area contributed by atoms with Crippen molar-refractivity contribution in [3.8, 4) is 0 Å². The maximum atomic E-state index is 12.5. The predicted molar refractivity (Wildman–Crippen MR) is 302 cm³/mol. The van der Waals surface area contributed by atoms with Crippen molar-refractivity contribution < 1.29 is 1140 Å². The van der Waals surface area contributed by atoms with E-state index in [0.717, 1.165) is 0 Å². The Labute approximate surface area is 1450 Å². The van der Waals surface area contributed by atoms with Crippen LogP contribution in [0.2, 0.25) is 0 Å². The summed E-state index contributed by atoms with van der Waals surface area (Å²) in [6.07, 6.45) is -88.5. The van der Waals surface area contributed by atoms with Crippen LogP contribution >= 0.6 is 0 Å². The third-order valence-electron chi connectivity index (χ3n) is 13.5. The van der Waals surface area contributed by atoms with E-state index < -0.39 is 353 Å². The van der Waals surface area contributed by atoms with E-state index in [4.69, 9.17) is 42.6 Å². The SMILES string of the molecule is O=S(=O)([O-])OC[C@H]1O[C@@H](OC[C@H]2O[C@H](CO[C@@H]3O[C@H](COS(=O)(=O)[O-])[C@@H](O[C@H]4O[C@H](COS(=O)(=O)[O-])[C@@H](OS(=O)(=O)[O-])[C@H](OS(=O)(=O)[O-])[C@H]4OS(=O)(=O)[O-])[C@H](OS(=O)(=O)[O-])[C@H]3OS(=O)(=O)[O-])[C@@H](OS(=O)(=O)[O-])[C@@H]2OS(=O)(=O)[O-])[C@H](OS(=O)(=O)[O-])[C@@H](OS(=O)(=O)[O-])[C@@H]1O[C@H]1O[C@H](COS(=O)(=O)[O-])[C@@H](OS(=O)(=O)[O-])[C@H](OS(=O)(=O)[O-])[C@H]1OS(=O)(=O)[O-].[K+].[K+].[K+].[K+].[K+].[K+].[K+].[K+].[K+].[K+].[K+].[K+].[K+].[K+].[K+].[K+]. The van der Waals surface area contributed by atoms with Crippen molar-refractivity contribution in [2.75, 3.05) is 39.6 Å². The van der Waals surface area contributed by atoms with Gasteiger partial charge in [-0.25, -0.2) is 135 Å². The molecule has 105 heteroatoms. The molecule has 0 bridgehead atoms. The second-order valence-electron chi connectivity index (χ2n) is 21.7. The van der Waals surface area contributed by atoms with Crippen molar-refractivity contribution in [3.63, 3.8) is 0 Å². The van der Waals surface area contributed by atoms with Crippen LogP contribution in [0.25, 0.3) is 0 Å². The van der Waals surface area contributed by atoms with E-state index in [-0.39, 0.29) is 822 Å². The van der Waals surface area contributed by atoms with Crippen molar-refractivity contribution in [1.29, 1.82) is 0 Å². The molecule has 5 aliphatic heterocycles. The minimum atomic E-state index is -7.02. The van der Waals surface area contributed by atoms with Gasteiger partial charge >= 0.3 is 822 Å². The van der Waals surface area contributed by atoms with Gasteiger partial charge < -0.3 is 115 Å². The van der Waals surface area contributed by atoms with E-state index in [1.165, 1.54) is 0 Å². The topological polar surface area (TPSA) is 1150 Å². The normalized spacial score (nSPS) is 28.9. The van der Waals surface area contributed by atoms with Gasteiger partial charge in [-0.2, -0.15) is 0 Å².